The maximum Gasteiger partial charge on any atom is 0.408 e. The van der Waals surface area contributed by atoms with Crippen molar-refractivity contribution in [2.75, 3.05) is 12.8 Å². The number of nitrogens with one attached hydrogen (secondary N) is 1. The first-order valence-corrected chi connectivity index (χ1v) is 7.63. The number of hydrogen-bond donors (Lipinski definition) is 2. The van der Waals surface area contributed by atoms with Gasteiger partial charge in [-0.3, -0.25) is 10.1 Å². The number of ether oxygens (including phenoxy) is 2. The highest BCUT2D eigenvalue weighted by Gasteiger charge is 2.25. The molecule has 1 aromatic rings. The quantitative estimate of drug-likeness (QED) is 0.346. The lowest BCUT2D eigenvalue weighted by atomic mass is 10.0. The monoisotopic (exact) mass is 353 g/mol. The fourth-order valence-corrected chi connectivity index (χ4v) is 2.05. The van der Waals surface area contributed by atoms with Gasteiger partial charge in [0.2, 0.25) is 0 Å². The summed E-state index contributed by atoms with van der Waals surface area (Å²) in [5.74, 6) is -0.629. The van der Waals surface area contributed by atoms with Crippen molar-refractivity contribution in [2.45, 2.75) is 45.3 Å². The number of nitro groups is 1. The van der Waals surface area contributed by atoms with Crippen LogP contribution in [0.1, 0.15) is 32.8 Å². The lowest BCUT2D eigenvalue weighted by Gasteiger charge is -2.22. The topological polar surface area (TPSA) is 134 Å². The average molecular weight is 353 g/mol. The number of carbonyl (C=O) groups is 2. The first-order chi connectivity index (χ1) is 11.5. The zero-order chi connectivity index (χ0) is 19.2. The van der Waals surface area contributed by atoms with E-state index in [2.05, 4.69) is 10.1 Å². The third kappa shape index (κ3) is 6.66. The second-order valence-corrected chi connectivity index (χ2v) is 6.41. The molecule has 0 fully saturated rings. The van der Waals surface area contributed by atoms with E-state index in [4.69, 9.17) is 10.5 Å². The molecule has 1 atom stereocenters. The maximum absolute atomic E-state index is 11.8. The standard InChI is InChI=1S/C16H23N3O6/c1-16(2,3)25-15(21)18-12(14(20)24-4)8-6-10-5-7-11(17)13(9-10)19(22)23/h5,7,9,12H,6,8,17H2,1-4H3,(H,18,21). The van der Waals surface area contributed by atoms with Gasteiger partial charge in [0.1, 0.15) is 17.3 Å². The highest BCUT2D eigenvalue weighted by atomic mass is 16.6. The van der Waals surface area contributed by atoms with E-state index in [0.29, 0.717) is 12.0 Å². The van der Waals surface area contributed by atoms with Gasteiger partial charge in [0.15, 0.2) is 0 Å². The Hall–Kier alpha value is -2.84. The van der Waals surface area contributed by atoms with Gasteiger partial charge in [0, 0.05) is 6.07 Å². The number of alkyl carbamates (subject to hydrolysis) is 1. The van der Waals surface area contributed by atoms with E-state index in [1.807, 2.05) is 0 Å². The molecular weight excluding hydrogens is 330 g/mol. The molecule has 0 radical (unpaired) electrons. The smallest absolute Gasteiger partial charge is 0.408 e. The van der Waals surface area contributed by atoms with Gasteiger partial charge in [-0.15, -0.1) is 0 Å². The van der Waals surface area contributed by atoms with Crippen molar-refractivity contribution >= 4 is 23.4 Å². The predicted octanol–water partition coefficient (Wildman–Crippen LogP) is 2.18. The third-order valence-corrected chi connectivity index (χ3v) is 3.19. The third-order valence-electron chi connectivity index (χ3n) is 3.19. The number of esters is 1. The predicted molar refractivity (Wildman–Crippen MR) is 91.0 cm³/mol. The van der Waals surface area contributed by atoms with E-state index in [9.17, 15) is 19.7 Å². The van der Waals surface area contributed by atoms with Crippen molar-refractivity contribution in [3.8, 4) is 0 Å². The van der Waals surface area contributed by atoms with Crippen LogP contribution in [-0.4, -0.2) is 35.7 Å². The Balaban J connectivity index is 2.80. The average Bonchev–Trinajstić information content (AvgIpc) is 2.49. The number of carbonyl (C=O) groups excluding carboxylic acids is 2. The molecule has 0 aliphatic rings. The normalized spacial score (nSPS) is 12.2. The molecule has 1 amide bonds. The fourth-order valence-electron chi connectivity index (χ4n) is 2.05. The van der Waals surface area contributed by atoms with Gasteiger partial charge in [0.25, 0.3) is 5.69 Å². The Morgan fingerprint density at radius 3 is 2.52 bits per heavy atom. The summed E-state index contributed by atoms with van der Waals surface area (Å²) in [6.07, 6.45) is -0.255. The zero-order valence-electron chi connectivity index (χ0n) is 14.7. The van der Waals surface area contributed by atoms with Crippen LogP contribution in [0.15, 0.2) is 18.2 Å². The second kappa shape index (κ2) is 8.32. The summed E-state index contributed by atoms with van der Waals surface area (Å²) >= 11 is 0. The molecule has 25 heavy (non-hydrogen) atoms. The van der Waals surface area contributed by atoms with Crippen molar-refractivity contribution in [1.29, 1.82) is 0 Å². The maximum atomic E-state index is 11.8. The summed E-state index contributed by atoms with van der Waals surface area (Å²) in [4.78, 5) is 34.0. The molecule has 0 saturated heterocycles. The Bertz CT molecular complexity index is 654. The number of amides is 1. The summed E-state index contributed by atoms with van der Waals surface area (Å²) in [6, 6.07) is 3.47. The number of anilines is 1. The number of nitro benzene ring substituents is 1. The summed E-state index contributed by atoms with van der Waals surface area (Å²) in [6.45, 7) is 5.10. The number of benzene rings is 1. The van der Waals surface area contributed by atoms with Crippen molar-refractivity contribution in [3.63, 3.8) is 0 Å². The summed E-state index contributed by atoms with van der Waals surface area (Å²) in [7, 11) is 1.21. The van der Waals surface area contributed by atoms with Gasteiger partial charge in [-0.25, -0.2) is 9.59 Å². The van der Waals surface area contributed by atoms with Crippen molar-refractivity contribution < 1.29 is 24.0 Å². The highest BCUT2D eigenvalue weighted by Crippen LogP contribution is 2.23. The minimum absolute atomic E-state index is 0.0603. The Kier molecular flexibility index (Phi) is 6.72. The van der Waals surface area contributed by atoms with Crippen molar-refractivity contribution in [2.24, 2.45) is 0 Å². The van der Waals surface area contributed by atoms with E-state index in [1.54, 1.807) is 26.8 Å². The van der Waals surface area contributed by atoms with E-state index in [-0.39, 0.29) is 17.8 Å². The molecule has 0 aliphatic carbocycles. The number of nitrogens with two attached hydrogens (primary N) is 1. The molecule has 0 spiro atoms. The van der Waals surface area contributed by atoms with Crippen LogP contribution in [-0.2, 0) is 20.7 Å². The minimum atomic E-state index is -0.934. The zero-order valence-corrected chi connectivity index (χ0v) is 14.7. The lowest BCUT2D eigenvalue weighted by Crippen LogP contribution is -2.44. The highest BCUT2D eigenvalue weighted by molar-refractivity contribution is 5.81. The van der Waals surface area contributed by atoms with Gasteiger partial charge in [-0.05, 0) is 45.2 Å². The minimum Gasteiger partial charge on any atom is -0.467 e. The number of nitrogen functional groups attached to an aromatic ring is 1. The van der Waals surface area contributed by atoms with Gasteiger partial charge in [0.05, 0.1) is 12.0 Å². The molecule has 0 aromatic heterocycles. The first-order valence-electron chi connectivity index (χ1n) is 7.63. The molecule has 0 bridgehead atoms. The molecule has 1 aromatic carbocycles. The lowest BCUT2D eigenvalue weighted by molar-refractivity contribution is -0.384. The molecule has 3 N–H and O–H groups in total. The molecule has 9 heteroatoms. The van der Waals surface area contributed by atoms with Gasteiger partial charge >= 0.3 is 12.1 Å². The first kappa shape index (κ1) is 20.2. The largest absolute Gasteiger partial charge is 0.467 e. The molecule has 0 aliphatic heterocycles. The van der Waals surface area contributed by atoms with Crippen LogP contribution in [0.4, 0.5) is 16.2 Å². The summed E-state index contributed by atoms with van der Waals surface area (Å²) in [5.41, 5.74) is 5.32. The van der Waals surface area contributed by atoms with Crippen LogP contribution in [0.2, 0.25) is 0 Å². The SMILES string of the molecule is COC(=O)C(CCc1ccc(N)c([N+](=O)[O-])c1)NC(=O)OC(C)(C)C. The van der Waals surface area contributed by atoms with Crippen LogP contribution in [0.3, 0.4) is 0 Å². The molecule has 138 valence electrons. The van der Waals surface area contributed by atoms with Crippen LogP contribution < -0.4 is 11.1 Å². The van der Waals surface area contributed by atoms with Crippen molar-refractivity contribution in [1.82, 2.24) is 5.32 Å². The van der Waals surface area contributed by atoms with Crippen LogP contribution in [0.25, 0.3) is 0 Å². The number of methoxy groups -OCH3 is 1. The van der Waals surface area contributed by atoms with E-state index in [1.165, 1.54) is 19.2 Å². The fraction of sp³-hybridized carbons (Fsp3) is 0.500. The number of hydrogen-bond acceptors (Lipinski definition) is 7. The van der Waals surface area contributed by atoms with Crippen molar-refractivity contribution in [3.05, 3.63) is 33.9 Å². The van der Waals surface area contributed by atoms with Crippen LogP contribution in [0, 0.1) is 10.1 Å². The molecule has 0 saturated carbocycles. The summed E-state index contributed by atoms with van der Waals surface area (Å²) < 4.78 is 9.79. The molecule has 0 heterocycles. The van der Waals surface area contributed by atoms with E-state index < -0.39 is 28.6 Å². The molecule has 9 nitrogen and oxygen atoms in total. The number of rotatable bonds is 6. The Morgan fingerprint density at radius 2 is 2.00 bits per heavy atom. The Labute approximate surface area is 145 Å². The number of aryl methyl sites for hydroxylation is 1. The van der Waals surface area contributed by atoms with Gasteiger partial charge in [-0.2, -0.15) is 0 Å². The van der Waals surface area contributed by atoms with E-state index in [0.717, 1.165) is 0 Å². The van der Waals surface area contributed by atoms with Crippen LogP contribution >= 0.6 is 0 Å². The Morgan fingerprint density at radius 1 is 1.36 bits per heavy atom. The number of nitrogens with zero attached hydrogens (tertiary/aromatic N) is 1. The summed E-state index contributed by atoms with van der Waals surface area (Å²) in [5, 5.41) is 13.4. The van der Waals surface area contributed by atoms with Crippen LogP contribution in [0.5, 0.6) is 0 Å². The van der Waals surface area contributed by atoms with Gasteiger partial charge in [-0.1, -0.05) is 6.07 Å². The second-order valence-electron chi connectivity index (χ2n) is 6.41. The molecular formula is C16H23N3O6. The molecule has 1 unspecified atom stereocenters. The molecule has 1 rings (SSSR count). The van der Waals surface area contributed by atoms with Gasteiger partial charge < -0.3 is 20.5 Å². The van der Waals surface area contributed by atoms with E-state index >= 15 is 0 Å².